The Hall–Kier alpha value is -2.43. The summed E-state index contributed by atoms with van der Waals surface area (Å²) in [6.45, 7) is 0.150. The first-order chi connectivity index (χ1) is 15.9. The largest absolute Gasteiger partial charge is 0.366 e. The summed E-state index contributed by atoms with van der Waals surface area (Å²) in [5, 5.41) is 2.43. The molecule has 2 saturated heterocycles. The third kappa shape index (κ3) is 4.15. The van der Waals surface area contributed by atoms with Crippen LogP contribution in [0.3, 0.4) is 0 Å². The maximum Gasteiger partial charge on any atom is 0.262 e. The average molecular weight is 493 g/mol. The third-order valence-electron chi connectivity index (χ3n) is 6.56. The number of rotatable bonds is 5. The van der Waals surface area contributed by atoms with Gasteiger partial charge in [0.2, 0.25) is 5.91 Å². The summed E-state index contributed by atoms with van der Waals surface area (Å²) in [7, 11) is 0. The fourth-order valence-corrected chi connectivity index (χ4v) is 6.23. The highest BCUT2D eigenvalue weighted by Crippen LogP contribution is 2.35. The summed E-state index contributed by atoms with van der Waals surface area (Å²) >= 11 is 7.45. The zero-order valence-electron chi connectivity index (χ0n) is 17.6. The third-order valence-corrected chi connectivity index (χ3v) is 8.04. The van der Waals surface area contributed by atoms with Crippen molar-refractivity contribution in [1.29, 1.82) is 0 Å². The SMILES string of the molecule is O=C(NC(C(=O)N1CC(Cl)C2OCC(=O)C21)C1CCCC1)c1ccc(-c2ncncc2F)s1. The molecule has 1 N–H and O–H groups in total. The number of fused-ring (bicyclic) bond motifs is 1. The molecule has 2 aromatic rings. The Morgan fingerprint density at radius 3 is 2.85 bits per heavy atom. The van der Waals surface area contributed by atoms with Gasteiger partial charge in [0.05, 0.1) is 21.3 Å². The molecule has 2 aliphatic heterocycles. The first-order valence-electron chi connectivity index (χ1n) is 10.9. The zero-order chi connectivity index (χ0) is 23.1. The number of hydrogen-bond acceptors (Lipinski definition) is 7. The van der Waals surface area contributed by atoms with Crippen LogP contribution >= 0.6 is 22.9 Å². The Morgan fingerprint density at radius 2 is 2.09 bits per heavy atom. The van der Waals surface area contributed by atoms with Crippen LogP contribution in [0.15, 0.2) is 24.7 Å². The van der Waals surface area contributed by atoms with Crippen molar-refractivity contribution in [3.05, 3.63) is 35.4 Å². The molecule has 8 nitrogen and oxygen atoms in total. The first kappa shape index (κ1) is 22.4. The van der Waals surface area contributed by atoms with Gasteiger partial charge in [-0.05, 0) is 30.9 Å². The van der Waals surface area contributed by atoms with Crippen LogP contribution in [-0.2, 0) is 14.3 Å². The lowest BCUT2D eigenvalue weighted by molar-refractivity contribution is -0.139. The van der Waals surface area contributed by atoms with Gasteiger partial charge in [-0.1, -0.05) is 12.8 Å². The van der Waals surface area contributed by atoms with E-state index >= 15 is 0 Å². The van der Waals surface area contributed by atoms with E-state index in [4.69, 9.17) is 16.3 Å². The van der Waals surface area contributed by atoms with Gasteiger partial charge >= 0.3 is 0 Å². The highest BCUT2D eigenvalue weighted by molar-refractivity contribution is 7.17. The molecule has 0 spiro atoms. The van der Waals surface area contributed by atoms with Crippen LogP contribution in [0.2, 0.25) is 0 Å². The number of thiophene rings is 1. The van der Waals surface area contributed by atoms with Crippen molar-refractivity contribution in [2.24, 2.45) is 5.92 Å². The Kier molecular flexibility index (Phi) is 6.15. The van der Waals surface area contributed by atoms with Gasteiger partial charge in [-0.25, -0.2) is 14.4 Å². The number of halogens is 2. The molecule has 33 heavy (non-hydrogen) atoms. The summed E-state index contributed by atoms with van der Waals surface area (Å²) in [6.07, 6.45) is 5.39. The molecule has 3 fully saturated rings. The standard InChI is InChI=1S/C22H22ClFN4O4S/c23-12-8-28(19-14(29)9-32-20(12)19)22(31)17(11-3-1-2-4-11)27-21(30)16-6-5-15(33-16)18-13(24)7-25-10-26-18/h5-7,10-12,17,19-20H,1-4,8-9H2,(H,27,30). The quantitative estimate of drug-likeness (QED) is 0.643. The average Bonchev–Trinajstić information content (AvgIpc) is 3.59. The molecule has 2 aromatic heterocycles. The lowest BCUT2D eigenvalue weighted by atomic mass is 9.96. The second-order valence-electron chi connectivity index (χ2n) is 8.57. The molecule has 2 amide bonds. The summed E-state index contributed by atoms with van der Waals surface area (Å²) < 4.78 is 19.5. The van der Waals surface area contributed by atoms with Gasteiger partial charge in [0.1, 0.15) is 36.8 Å². The Balaban J connectivity index is 1.37. The minimum atomic E-state index is -0.766. The van der Waals surface area contributed by atoms with Gasteiger partial charge in [-0.3, -0.25) is 14.4 Å². The van der Waals surface area contributed by atoms with Crippen molar-refractivity contribution in [2.45, 2.75) is 49.2 Å². The monoisotopic (exact) mass is 492 g/mol. The van der Waals surface area contributed by atoms with Crippen molar-refractivity contribution in [2.75, 3.05) is 13.2 Å². The zero-order valence-corrected chi connectivity index (χ0v) is 19.2. The van der Waals surface area contributed by atoms with E-state index < -0.39 is 35.3 Å². The molecule has 4 atom stereocenters. The van der Waals surface area contributed by atoms with E-state index in [1.165, 1.54) is 11.2 Å². The molecule has 4 unspecified atom stereocenters. The predicted molar refractivity (Wildman–Crippen MR) is 118 cm³/mol. The summed E-state index contributed by atoms with van der Waals surface area (Å²) in [5.74, 6) is -1.48. The first-order valence-corrected chi connectivity index (χ1v) is 12.1. The number of nitrogens with zero attached hydrogens (tertiary/aromatic N) is 3. The molecule has 0 radical (unpaired) electrons. The Bertz CT molecular complexity index is 1090. The summed E-state index contributed by atoms with van der Waals surface area (Å²) in [4.78, 5) is 49.0. The second-order valence-corrected chi connectivity index (χ2v) is 10.2. The Labute approximate surface area is 198 Å². The van der Waals surface area contributed by atoms with Gasteiger partial charge in [-0.15, -0.1) is 22.9 Å². The van der Waals surface area contributed by atoms with Gasteiger partial charge in [0.25, 0.3) is 5.91 Å². The summed E-state index contributed by atoms with van der Waals surface area (Å²) in [5.41, 5.74) is 0.119. The van der Waals surface area contributed by atoms with Crippen molar-refractivity contribution < 1.29 is 23.5 Å². The molecule has 4 heterocycles. The van der Waals surface area contributed by atoms with Crippen LogP contribution in [0, 0.1) is 11.7 Å². The van der Waals surface area contributed by atoms with Gasteiger partial charge in [0, 0.05) is 6.54 Å². The number of Topliss-reactive ketones (excluding diaryl/α,β-unsaturated/α-hetero) is 1. The smallest absolute Gasteiger partial charge is 0.262 e. The van der Waals surface area contributed by atoms with E-state index in [1.54, 1.807) is 12.1 Å². The van der Waals surface area contributed by atoms with E-state index in [0.717, 1.165) is 43.2 Å². The fourth-order valence-electron chi connectivity index (χ4n) is 4.97. The van der Waals surface area contributed by atoms with Crippen LogP contribution < -0.4 is 5.32 Å². The van der Waals surface area contributed by atoms with Crippen molar-refractivity contribution >= 4 is 40.5 Å². The minimum absolute atomic E-state index is 0.0227. The number of alkyl halides is 1. The van der Waals surface area contributed by atoms with Crippen LogP contribution in [-0.4, -0.2) is 69.2 Å². The molecule has 0 aromatic carbocycles. The summed E-state index contributed by atoms with van der Waals surface area (Å²) in [6, 6.07) is 1.74. The number of likely N-dealkylation sites (tertiary alicyclic amines) is 1. The molecule has 3 aliphatic rings. The van der Waals surface area contributed by atoms with Crippen LogP contribution in [0.4, 0.5) is 4.39 Å². The molecular weight excluding hydrogens is 471 g/mol. The molecule has 1 saturated carbocycles. The fraction of sp³-hybridized carbons (Fsp3) is 0.500. The number of amides is 2. The van der Waals surface area contributed by atoms with Crippen LogP contribution in [0.5, 0.6) is 0 Å². The molecule has 0 bridgehead atoms. The number of ketones is 1. The van der Waals surface area contributed by atoms with Gasteiger partial charge < -0.3 is 15.0 Å². The number of carbonyl (C=O) groups excluding carboxylic acids is 3. The van der Waals surface area contributed by atoms with E-state index in [2.05, 4.69) is 15.3 Å². The number of nitrogens with one attached hydrogen (secondary N) is 1. The molecule has 5 rings (SSSR count). The van der Waals surface area contributed by atoms with Gasteiger partial charge in [0.15, 0.2) is 11.6 Å². The Morgan fingerprint density at radius 1 is 1.30 bits per heavy atom. The van der Waals surface area contributed by atoms with Crippen molar-refractivity contribution in [1.82, 2.24) is 20.2 Å². The predicted octanol–water partition coefficient (Wildman–Crippen LogP) is 2.42. The normalized spacial score (nSPS) is 25.9. The number of aromatic nitrogens is 2. The lowest BCUT2D eigenvalue weighted by Crippen LogP contribution is -2.54. The second kappa shape index (κ2) is 9.08. The maximum absolute atomic E-state index is 14.0. The van der Waals surface area contributed by atoms with Crippen LogP contribution in [0.25, 0.3) is 10.6 Å². The van der Waals surface area contributed by atoms with Crippen molar-refractivity contribution in [3.8, 4) is 10.6 Å². The minimum Gasteiger partial charge on any atom is -0.366 e. The molecule has 174 valence electrons. The van der Waals surface area contributed by atoms with E-state index in [0.29, 0.717) is 9.75 Å². The maximum atomic E-state index is 14.0. The van der Waals surface area contributed by atoms with E-state index in [9.17, 15) is 18.8 Å². The number of ether oxygens (including phenoxy) is 1. The topological polar surface area (TPSA) is 101 Å². The van der Waals surface area contributed by atoms with E-state index in [-0.39, 0.29) is 36.5 Å². The lowest BCUT2D eigenvalue weighted by Gasteiger charge is -2.30. The van der Waals surface area contributed by atoms with E-state index in [1.807, 2.05) is 0 Å². The number of carbonyl (C=O) groups is 3. The molecular formula is C22H22ClFN4O4S. The molecule has 1 aliphatic carbocycles. The van der Waals surface area contributed by atoms with Crippen LogP contribution in [0.1, 0.15) is 35.4 Å². The highest BCUT2D eigenvalue weighted by Gasteiger charge is 2.53. The van der Waals surface area contributed by atoms with Gasteiger partial charge in [-0.2, -0.15) is 0 Å². The van der Waals surface area contributed by atoms with Crippen molar-refractivity contribution in [3.63, 3.8) is 0 Å². The molecule has 11 heteroatoms. The number of hydrogen-bond donors (Lipinski definition) is 1. The highest BCUT2D eigenvalue weighted by atomic mass is 35.5.